The van der Waals surface area contributed by atoms with Crippen molar-refractivity contribution in [2.24, 2.45) is 17.6 Å². The molecule has 1 atom stereocenters. The van der Waals surface area contributed by atoms with E-state index in [1.807, 2.05) is 6.07 Å². The molecule has 1 aromatic heterocycles. The molecule has 0 spiro atoms. The van der Waals surface area contributed by atoms with Gasteiger partial charge in [-0.15, -0.1) is 0 Å². The Morgan fingerprint density at radius 3 is 2.88 bits per heavy atom. The number of oxazole rings is 1. The highest BCUT2D eigenvalue weighted by molar-refractivity contribution is 5.72. The Labute approximate surface area is 95.7 Å². The molecule has 0 radical (unpaired) electrons. The smallest absolute Gasteiger partial charge is 0.181 e. The van der Waals surface area contributed by atoms with Gasteiger partial charge in [-0.2, -0.15) is 0 Å². The van der Waals surface area contributed by atoms with Crippen LogP contribution >= 0.6 is 0 Å². The van der Waals surface area contributed by atoms with Crippen molar-refractivity contribution in [2.75, 3.05) is 6.54 Å². The summed E-state index contributed by atoms with van der Waals surface area (Å²) in [5.74, 6) is 1.13. The zero-order valence-corrected chi connectivity index (χ0v) is 9.81. The normalized spacial score (nSPS) is 13.5. The van der Waals surface area contributed by atoms with E-state index < -0.39 is 0 Å². The van der Waals surface area contributed by atoms with Crippen LogP contribution < -0.4 is 5.73 Å². The number of rotatable bonds is 4. The molecule has 0 saturated carbocycles. The Morgan fingerprint density at radius 2 is 2.19 bits per heavy atom. The number of nitrogens with two attached hydrogens (primary N) is 1. The maximum Gasteiger partial charge on any atom is 0.181 e. The molecule has 3 heteroatoms. The fourth-order valence-electron chi connectivity index (χ4n) is 1.92. The maximum atomic E-state index is 5.78. The Kier molecular flexibility index (Phi) is 3.25. The lowest BCUT2D eigenvalue weighted by atomic mass is 9.89. The molecule has 1 aromatic carbocycles. The SMILES string of the molecule is CC(C)C(CN)Cc1ccc2ncoc2c1. The summed E-state index contributed by atoms with van der Waals surface area (Å²) in [6.07, 6.45) is 2.49. The average Bonchev–Trinajstić information content (AvgIpc) is 2.72. The lowest BCUT2D eigenvalue weighted by Crippen LogP contribution is -2.22. The van der Waals surface area contributed by atoms with Gasteiger partial charge in [-0.3, -0.25) is 0 Å². The third-order valence-corrected chi connectivity index (χ3v) is 3.14. The van der Waals surface area contributed by atoms with E-state index in [0.29, 0.717) is 11.8 Å². The summed E-state index contributed by atoms with van der Waals surface area (Å²) in [5.41, 5.74) is 8.82. The summed E-state index contributed by atoms with van der Waals surface area (Å²) < 4.78 is 5.29. The van der Waals surface area contributed by atoms with Gasteiger partial charge in [-0.1, -0.05) is 19.9 Å². The molecule has 1 unspecified atom stereocenters. The molecular formula is C13H18N2O. The molecule has 0 aliphatic rings. The van der Waals surface area contributed by atoms with Crippen molar-refractivity contribution in [2.45, 2.75) is 20.3 Å². The quantitative estimate of drug-likeness (QED) is 0.858. The lowest BCUT2D eigenvalue weighted by Gasteiger charge is -2.18. The van der Waals surface area contributed by atoms with Crippen molar-refractivity contribution in [1.29, 1.82) is 0 Å². The number of aromatic nitrogens is 1. The first-order valence-electron chi connectivity index (χ1n) is 5.73. The predicted octanol–water partition coefficient (Wildman–Crippen LogP) is 2.60. The molecule has 0 saturated heterocycles. The molecule has 0 bridgehead atoms. The second-order valence-electron chi connectivity index (χ2n) is 4.60. The molecule has 86 valence electrons. The molecule has 3 nitrogen and oxygen atoms in total. The Hall–Kier alpha value is -1.35. The third kappa shape index (κ3) is 2.25. The van der Waals surface area contributed by atoms with Crippen LogP contribution in [0.2, 0.25) is 0 Å². The van der Waals surface area contributed by atoms with E-state index in [1.165, 1.54) is 12.0 Å². The number of benzene rings is 1. The Bertz CT molecular complexity index is 462. The minimum Gasteiger partial charge on any atom is -0.443 e. The molecule has 2 rings (SSSR count). The maximum absolute atomic E-state index is 5.78. The minimum atomic E-state index is 0.528. The van der Waals surface area contributed by atoms with Crippen LogP contribution in [0.15, 0.2) is 29.0 Å². The van der Waals surface area contributed by atoms with Crippen molar-refractivity contribution >= 4 is 11.1 Å². The van der Waals surface area contributed by atoms with Crippen molar-refractivity contribution < 1.29 is 4.42 Å². The topological polar surface area (TPSA) is 52.0 Å². The van der Waals surface area contributed by atoms with Crippen LogP contribution in [0.1, 0.15) is 19.4 Å². The van der Waals surface area contributed by atoms with E-state index in [4.69, 9.17) is 10.2 Å². The zero-order chi connectivity index (χ0) is 11.5. The third-order valence-electron chi connectivity index (χ3n) is 3.14. The molecule has 0 aliphatic heterocycles. The fraction of sp³-hybridized carbons (Fsp3) is 0.462. The van der Waals surface area contributed by atoms with Crippen molar-refractivity contribution in [1.82, 2.24) is 4.98 Å². The first-order chi connectivity index (χ1) is 7.70. The van der Waals surface area contributed by atoms with E-state index in [2.05, 4.69) is 31.0 Å². The number of hydrogen-bond acceptors (Lipinski definition) is 3. The van der Waals surface area contributed by atoms with Gasteiger partial charge in [0.15, 0.2) is 12.0 Å². The van der Waals surface area contributed by atoms with E-state index in [9.17, 15) is 0 Å². The summed E-state index contributed by atoms with van der Waals surface area (Å²) in [6, 6.07) is 6.17. The highest BCUT2D eigenvalue weighted by Crippen LogP contribution is 2.20. The van der Waals surface area contributed by atoms with E-state index >= 15 is 0 Å². The van der Waals surface area contributed by atoms with Crippen LogP contribution in [0.5, 0.6) is 0 Å². The summed E-state index contributed by atoms with van der Waals surface area (Å²) in [4.78, 5) is 4.10. The predicted molar refractivity (Wildman–Crippen MR) is 65.1 cm³/mol. The van der Waals surface area contributed by atoms with Gasteiger partial charge >= 0.3 is 0 Å². The summed E-state index contributed by atoms with van der Waals surface area (Å²) in [5, 5.41) is 0. The van der Waals surface area contributed by atoms with Crippen molar-refractivity contribution in [3.05, 3.63) is 30.2 Å². The zero-order valence-electron chi connectivity index (χ0n) is 9.81. The van der Waals surface area contributed by atoms with Crippen LogP contribution in [0.25, 0.3) is 11.1 Å². The van der Waals surface area contributed by atoms with Gasteiger partial charge in [0.25, 0.3) is 0 Å². The Morgan fingerprint density at radius 1 is 1.38 bits per heavy atom. The van der Waals surface area contributed by atoms with Gasteiger partial charge in [0.2, 0.25) is 0 Å². The van der Waals surface area contributed by atoms with Crippen LogP contribution in [-0.2, 0) is 6.42 Å². The largest absolute Gasteiger partial charge is 0.443 e. The molecule has 2 aromatic rings. The molecule has 2 N–H and O–H groups in total. The van der Waals surface area contributed by atoms with Gasteiger partial charge in [-0.05, 0) is 42.5 Å². The Balaban J connectivity index is 2.19. The van der Waals surface area contributed by atoms with Crippen molar-refractivity contribution in [3.8, 4) is 0 Å². The highest BCUT2D eigenvalue weighted by Gasteiger charge is 2.12. The first-order valence-corrected chi connectivity index (χ1v) is 5.73. The van der Waals surface area contributed by atoms with Crippen LogP contribution in [0.4, 0.5) is 0 Å². The van der Waals surface area contributed by atoms with Crippen molar-refractivity contribution in [3.63, 3.8) is 0 Å². The average molecular weight is 218 g/mol. The fourth-order valence-corrected chi connectivity index (χ4v) is 1.92. The van der Waals surface area contributed by atoms with Gasteiger partial charge in [-0.25, -0.2) is 4.98 Å². The van der Waals surface area contributed by atoms with Gasteiger partial charge in [0.1, 0.15) is 5.52 Å². The minimum absolute atomic E-state index is 0.528. The van der Waals surface area contributed by atoms with E-state index in [0.717, 1.165) is 24.1 Å². The van der Waals surface area contributed by atoms with Crippen LogP contribution in [0, 0.1) is 11.8 Å². The molecule has 16 heavy (non-hydrogen) atoms. The number of hydrogen-bond donors (Lipinski definition) is 1. The first kappa shape index (κ1) is 11.1. The number of nitrogens with zero attached hydrogens (tertiary/aromatic N) is 1. The summed E-state index contributed by atoms with van der Waals surface area (Å²) in [6.45, 7) is 5.15. The molecular weight excluding hydrogens is 200 g/mol. The van der Waals surface area contributed by atoms with E-state index in [-0.39, 0.29) is 0 Å². The summed E-state index contributed by atoms with van der Waals surface area (Å²) >= 11 is 0. The van der Waals surface area contributed by atoms with E-state index in [1.54, 1.807) is 0 Å². The highest BCUT2D eigenvalue weighted by atomic mass is 16.3. The molecule has 0 amide bonds. The van der Waals surface area contributed by atoms with Crippen LogP contribution in [-0.4, -0.2) is 11.5 Å². The standard InChI is InChI=1S/C13H18N2O/c1-9(2)11(7-14)5-10-3-4-12-13(6-10)16-8-15-12/h3-4,6,8-9,11H,5,7,14H2,1-2H3. The second kappa shape index (κ2) is 4.66. The van der Waals surface area contributed by atoms with Crippen LogP contribution in [0.3, 0.4) is 0 Å². The lowest BCUT2D eigenvalue weighted by molar-refractivity contribution is 0.392. The monoisotopic (exact) mass is 218 g/mol. The molecule has 0 aliphatic carbocycles. The number of fused-ring (bicyclic) bond motifs is 1. The van der Waals surface area contributed by atoms with Gasteiger partial charge in [0, 0.05) is 0 Å². The van der Waals surface area contributed by atoms with Gasteiger partial charge < -0.3 is 10.2 Å². The summed E-state index contributed by atoms with van der Waals surface area (Å²) in [7, 11) is 0. The molecule has 1 heterocycles. The van der Waals surface area contributed by atoms with Gasteiger partial charge in [0.05, 0.1) is 0 Å². The molecule has 0 fully saturated rings. The second-order valence-corrected chi connectivity index (χ2v) is 4.60.